The monoisotopic (exact) mass is 231 g/mol. The van der Waals surface area contributed by atoms with Gasteiger partial charge in [-0.05, 0) is 19.8 Å². The van der Waals surface area contributed by atoms with Crippen LogP contribution in [0.25, 0.3) is 0 Å². The van der Waals surface area contributed by atoms with Crippen LogP contribution in [0.2, 0.25) is 0 Å². The summed E-state index contributed by atoms with van der Waals surface area (Å²) < 4.78 is 10.4. The van der Waals surface area contributed by atoms with Crippen LogP contribution in [0.15, 0.2) is 0 Å². The zero-order valence-corrected chi connectivity index (χ0v) is 10.9. The molecule has 4 nitrogen and oxygen atoms in total. The molecular weight excluding hydrogens is 206 g/mol. The van der Waals surface area contributed by atoms with Crippen LogP contribution >= 0.6 is 0 Å². The predicted molar refractivity (Wildman–Crippen MR) is 64.4 cm³/mol. The van der Waals surface area contributed by atoms with Gasteiger partial charge in [-0.15, -0.1) is 0 Å². The van der Waals surface area contributed by atoms with Crippen LogP contribution in [-0.4, -0.2) is 37.9 Å². The summed E-state index contributed by atoms with van der Waals surface area (Å²) in [6, 6.07) is 0.0115. The van der Waals surface area contributed by atoms with E-state index in [1.165, 1.54) is 0 Å². The van der Waals surface area contributed by atoms with Crippen molar-refractivity contribution in [2.45, 2.75) is 52.6 Å². The Kier molecular flexibility index (Phi) is 9.24. The highest BCUT2D eigenvalue weighted by molar-refractivity contribution is 5.75. The maximum Gasteiger partial charge on any atom is 0.323 e. The summed E-state index contributed by atoms with van der Waals surface area (Å²) >= 11 is 0. The molecule has 0 saturated heterocycles. The van der Waals surface area contributed by atoms with Crippen LogP contribution in [0.4, 0.5) is 0 Å². The predicted octanol–water partition coefficient (Wildman–Crippen LogP) is 1.73. The Hall–Kier alpha value is -0.610. The minimum atomic E-state index is -0.253. The number of esters is 1. The van der Waals surface area contributed by atoms with Gasteiger partial charge in [0.05, 0.1) is 6.61 Å². The molecule has 0 aliphatic rings. The quantitative estimate of drug-likeness (QED) is 0.485. The summed E-state index contributed by atoms with van der Waals surface area (Å²) in [5.41, 5.74) is 0. The van der Waals surface area contributed by atoms with Gasteiger partial charge in [0.2, 0.25) is 0 Å². The molecule has 0 aromatic carbocycles. The lowest BCUT2D eigenvalue weighted by Gasteiger charge is -2.19. The van der Waals surface area contributed by atoms with Crippen molar-refractivity contribution in [3.05, 3.63) is 0 Å². The first-order valence-electron chi connectivity index (χ1n) is 6.12. The molecule has 1 unspecified atom stereocenters. The van der Waals surface area contributed by atoms with Gasteiger partial charge in [-0.1, -0.05) is 20.8 Å². The number of ether oxygens (including phenoxy) is 2. The number of hydrogen-bond donors (Lipinski definition) is 1. The van der Waals surface area contributed by atoms with E-state index in [0.717, 1.165) is 13.0 Å². The fourth-order valence-electron chi connectivity index (χ4n) is 1.36. The van der Waals surface area contributed by atoms with E-state index in [1.54, 1.807) is 0 Å². The van der Waals surface area contributed by atoms with Gasteiger partial charge >= 0.3 is 5.97 Å². The Morgan fingerprint density at radius 1 is 1.25 bits per heavy atom. The van der Waals surface area contributed by atoms with E-state index in [9.17, 15) is 4.79 Å². The van der Waals surface area contributed by atoms with Crippen LogP contribution in [-0.2, 0) is 14.3 Å². The lowest BCUT2D eigenvalue weighted by molar-refractivity contribution is -0.146. The third-order valence-electron chi connectivity index (χ3n) is 2.00. The number of nitrogens with one attached hydrogen (secondary N) is 1. The van der Waals surface area contributed by atoms with Crippen molar-refractivity contribution in [3.63, 3.8) is 0 Å². The highest BCUT2D eigenvalue weighted by Crippen LogP contribution is 1.99. The van der Waals surface area contributed by atoms with E-state index in [-0.39, 0.29) is 18.1 Å². The first-order valence-corrected chi connectivity index (χ1v) is 6.12. The molecule has 0 bridgehead atoms. The van der Waals surface area contributed by atoms with Gasteiger partial charge in [-0.3, -0.25) is 4.79 Å². The largest absolute Gasteiger partial charge is 0.465 e. The van der Waals surface area contributed by atoms with Crippen molar-refractivity contribution in [1.82, 2.24) is 5.32 Å². The molecule has 0 amide bonds. The Bertz CT molecular complexity index is 183. The van der Waals surface area contributed by atoms with Crippen molar-refractivity contribution in [2.24, 2.45) is 0 Å². The van der Waals surface area contributed by atoms with Gasteiger partial charge in [0.15, 0.2) is 0 Å². The minimum Gasteiger partial charge on any atom is -0.465 e. The Labute approximate surface area is 98.7 Å². The molecule has 1 atom stereocenters. The molecule has 0 spiro atoms. The molecule has 0 fully saturated rings. The molecule has 0 aromatic heterocycles. The molecule has 0 aromatic rings. The second-order valence-electron chi connectivity index (χ2n) is 4.03. The lowest BCUT2D eigenvalue weighted by atomic mass is 10.2. The molecule has 0 heterocycles. The highest BCUT2D eigenvalue weighted by atomic mass is 16.5. The standard InChI is InChI=1S/C12H25NO3/c1-5-8-15-9-7-11(13-10(3)4)12(14)16-6-2/h10-11,13H,5-9H2,1-4H3. The maximum absolute atomic E-state index is 11.6. The van der Waals surface area contributed by atoms with Gasteiger partial charge < -0.3 is 14.8 Å². The van der Waals surface area contributed by atoms with Crippen molar-refractivity contribution < 1.29 is 14.3 Å². The maximum atomic E-state index is 11.6. The molecule has 0 saturated carbocycles. The van der Waals surface area contributed by atoms with E-state index in [0.29, 0.717) is 19.6 Å². The summed E-state index contributed by atoms with van der Waals surface area (Å²) in [4.78, 5) is 11.6. The van der Waals surface area contributed by atoms with Crippen molar-refractivity contribution in [2.75, 3.05) is 19.8 Å². The first kappa shape index (κ1) is 15.4. The van der Waals surface area contributed by atoms with Crippen LogP contribution in [0, 0.1) is 0 Å². The lowest BCUT2D eigenvalue weighted by Crippen LogP contribution is -2.42. The van der Waals surface area contributed by atoms with Crippen LogP contribution in [0.3, 0.4) is 0 Å². The first-order chi connectivity index (χ1) is 7.61. The molecule has 0 aliphatic heterocycles. The second-order valence-corrected chi connectivity index (χ2v) is 4.03. The van der Waals surface area contributed by atoms with Gasteiger partial charge in [-0.2, -0.15) is 0 Å². The van der Waals surface area contributed by atoms with Crippen molar-refractivity contribution in [1.29, 1.82) is 0 Å². The number of rotatable bonds is 9. The average molecular weight is 231 g/mol. The Morgan fingerprint density at radius 3 is 2.44 bits per heavy atom. The molecule has 96 valence electrons. The van der Waals surface area contributed by atoms with E-state index >= 15 is 0 Å². The van der Waals surface area contributed by atoms with Crippen molar-refractivity contribution >= 4 is 5.97 Å². The van der Waals surface area contributed by atoms with Crippen LogP contribution in [0.1, 0.15) is 40.5 Å². The normalized spacial score (nSPS) is 12.8. The number of hydrogen-bond acceptors (Lipinski definition) is 4. The fraction of sp³-hybridized carbons (Fsp3) is 0.917. The zero-order chi connectivity index (χ0) is 12.4. The van der Waals surface area contributed by atoms with Gasteiger partial charge in [0.1, 0.15) is 6.04 Å². The molecule has 4 heteroatoms. The number of carbonyl (C=O) groups is 1. The summed E-state index contributed by atoms with van der Waals surface area (Å²) in [7, 11) is 0. The third-order valence-corrected chi connectivity index (χ3v) is 2.00. The summed E-state index contributed by atoms with van der Waals surface area (Å²) in [5, 5.41) is 3.19. The van der Waals surface area contributed by atoms with E-state index in [2.05, 4.69) is 12.2 Å². The van der Waals surface area contributed by atoms with E-state index in [1.807, 2.05) is 20.8 Å². The molecule has 16 heavy (non-hydrogen) atoms. The molecule has 0 radical (unpaired) electrons. The highest BCUT2D eigenvalue weighted by Gasteiger charge is 2.19. The van der Waals surface area contributed by atoms with Gasteiger partial charge in [0.25, 0.3) is 0 Å². The van der Waals surface area contributed by atoms with Crippen LogP contribution in [0.5, 0.6) is 0 Å². The Balaban J connectivity index is 3.94. The van der Waals surface area contributed by atoms with Crippen molar-refractivity contribution in [3.8, 4) is 0 Å². The topological polar surface area (TPSA) is 47.6 Å². The van der Waals surface area contributed by atoms with E-state index < -0.39 is 0 Å². The van der Waals surface area contributed by atoms with Crippen LogP contribution < -0.4 is 5.32 Å². The SMILES string of the molecule is CCCOCCC(NC(C)C)C(=O)OCC. The number of carbonyl (C=O) groups excluding carboxylic acids is 1. The van der Waals surface area contributed by atoms with E-state index in [4.69, 9.17) is 9.47 Å². The summed E-state index contributed by atoms with van der Waals surface area (Å²) in [5.74, 6) is -0.184. The molecule has 0 aliphatic carbocycles. The fourth-order valence-corrected chi connectivity index (χ4v) is 1.36. The Morgan fingerprint density at radius 2 is 1.94 bits per heavy atom. The zero-order valence-electron chi connectivity index (χ0n) is 10.9. The van der Waals surface area contributed by atoms with Gasteiger partial charge in [0, 0.05) is 19.3 Å². The summed E-state index contributed by atoms with van der Waals surface area (Å²) in [6.07, 6.45) is 1.67. The summed E-state index contributed by atoms with van der Waals surface area (Å²) in [6.45, 7) is 9.67. The average Bonchev–Trinajstić information content (AvgIpc) is 2.22. The van der Waals surface area contributed by atoms with Gasteiger partial charge in [-0.25, -0.2) is 0 Å². The smallest absolute Gasteiger partial charge is 0.323 e. The molecule has 0 rings (SSSR count). The second kappa shape index (κ2) is 9.60. The molecular formula is C12H25NO3. The third kappa shape index (κ3) is 7.65. The minimum absolute atomic E-state index is 0.184. The molecule has 1 N–H and O–H groups in total.